The lowest BCUT2D eigenvalue weighted by atomic mass is 10.0. The summed E-state index contributed by atoms with van der Waals surface area (Å²) >= 11 is 0. The van der Waals surface area contributed by atoms with E-state index in [1.54, 1.807) is 12.1 Å². The zero-order valence-electron chi connectivity index (χ0n) is 10.7. The van der Waals surface area contributed by atoms with E-state index in [4.69, 9.17) is 0 Å². The summed E-state index contributed by atoms with van der Waals surface area (Å²) in [5.74, 6) is -0.216. The van der Waals surface area contributed by atoms with Crippen LogP contribution in [-0.2, 0) is 0 Å². The molecule has 1 aromatic heterocycles. The Balaban J connectivity index is 2.36. The third-order valence-corrected chi connectivity index (χ3v) is 2.82. The number of rotatable bonds is 4. The first-order valence-electron chi connectivity index (χ1n) is 6.13. The molecular formula is C15H17FN2. The molecule has 2 rings (SSSR count). The summed E-state index contributed by atoms with van der Waals surface area (Å²) in [6.45, 7) is 4.85. The lowest BCUT2D eigenvalue weighted by Gasteiger charge is -2.18. The van der Waals surface area contributed by atoms with Gasteiger partial charge in [0.05, 0.1) is 11.7 Å². The largest absolute Gasteiger partial charge is 0.305 e. The van der Waals surface area contributed by atoms with Crippen molar-refractivity contribution in [2.24, 2.45) is 0 Å². The Morgan fingerprint density at radius 2 is 1.89 bits per heavy atom. The van der Waals surface area contributed by atoms with Gasteiger partial charge in [0.15, 0.2) is 0 Å². The fourth-order valence-electron chi connectivity index (χ4n) is 1.98. The van der Waals surface area contributed by atoms with Crippen LogP contribution in [-0.4, -0.2) is 11.5 Å². The van der Waals surface area contributed by atoms with Crippen LogP contribution in [0.4, 0.5) is 4.39 Å². The highest BCUT2D eigenvalue weighted by molar-refractivity contribution is 5.28. The molecule has 0 fully saturated rings. The lowest BCUT2D eigenvalue weighted by molar-refractivity contribution is 0.604. The molecule has 1 heterocycles. The molecule has 94 valence electrons. The van der Waals surface area contributed by atoms with Crippen LogP contribution in [0.15, 0.2) is 42.5 Å². The quantitative estimate of drug-likeness (QED) is 0.893. The van der Waals surface area contributed by atoms with Gasteiger partial charge in [-0.05, 0) is 43.3 Å². The molecule has 0 saturated carbocycles. The first-order chi connectivity index (χ1) is 8.70. The summed E-state index contributed by atoms with van der Waals surface area (Å²) in [7, 11) is 0. The molecule has 3 heteroatoms. The zero-order chi connectivity index (χ0) is 13.0. The molecule has 0 amide bonds. The van der Waals surface area contributed by atoms with E-state index in [1.165, 1.54) is 12.1 Å². The number of nitrogens with zero attached hydrogens (tertiary/aromatic N) is 1. The summed E-state index contributed by atoms with van der Waals surface area (Å²) < 4.78 is 13.0. The van der Waals surface area contributed by atoms with Gasteiger partial charge in [-0.1, -0.05) is 25.1 Å². The summed E-state index contributed by atoms with van der Waals surface area (Å²) in [5, 5.41) is 3.38. The second-order valence-corrected chi connectivity index (χ2v) is 4.25. The molecule has 1 aromatic carbocycles. The molecule has 2 aromatic rings. The third-order valence-electron chi connectivity index (χ3n) is 2.82. The zero-order valence-corrected chi connectivity index (χ0v) is 10.7. The van der Waals surface area contributed by atoms with Crippen LogP contribution in [0.1, 0.15) is 29.9 Å². The van der Waals surface area contributed by atoms with Gasteiger partial charge in [0, 0.05) is 5.69 Å². The summed E-state index contributed by atoms with van der Waals surface area (Å²) in [5.41, 5.74) is 2.97. The Bertz CT molecular complexity index is 508. The number of benzene rings is 1. The molecule has 0 spiro atoms. The predicted molar refractivity (Wildman–Crippen MR) is 70.9 cm³/mol. The highest BCUT2D eigenvalue weighted by atomic mass is 19.1. The predicted octanol–water partition coefficient (Wildman–Crippen LogP) is 3.23. The number of nitrogens with one attached hydrogen (secondary N) is 1. The molecule has 0 aliphatic carbocycles. The minimum Gasteiger partial charge on any atom is -0.305 e. The highest BCUT2D eigenvalue weighted by Crippen LogP contribution is 2.20. The molecular weight excluding hydrogens is 227 g/mol. The summed E-state index contributed by atoms with van der Waals surface area (Å²) in [6.07, 6.45) is 0. The second kappa shape index (κ2) is 5.74. The molecule has 1 N–H and O–H groups in total. The van der Waals surface area contributed by atoms with E-state index in [-0.39, 0.29) is 11.9 Å². The van der Waals surface area contributed by atoms with Crippen LogP contribution in [0.5, 0.6) is 0 Å². The van der Waals surface area contributed by atoms with Crippen molar-refractivity contribution in [3.8, 4) is 0 Å². The summed E-state index contributed by atoms with van der Waals surface area (Å²) in [6, 6.07) is 12.5. The Hall–Kier alpha value is -1.74. The van der Waals surface area contributed by atoms with E-state index in [0.717, 1.165) is 23.5 Å². The molecule has 2 nitrogen and oxygen atoms in total. The Morgan fingerprint density at radius 1 is 1.17 bits per heavy atom. The van der Waals surface area contributed by atoms with Gasteiger partial charge in [-0.3, -0.25) is 4.98 Å². The third kappa shape index (κ3) is 2.93. The van der Waals surface area contributed by atoms with Gasteiger partial charge in [-0.15, -0.1) is 0 Å². The Kier molecular flexibility index (Phi) is 4.05. The van der Waals surface area contributed by atoms with Crippen LogP contribution in [0.3, 0.4) is 0 Å². The van der Waals surface area contributed by atoms with Gasteiger partial charge in [0.25, 0.3) is 0 Å². The fraction of sp³-hybridized carbons (Fsp3) is 0.267. The minimum atomic E-state index is -0.216. The van der Waals surface area contributed by atoms with Gasteiger partial charge in [0.2, 0.25) is 0 Å². The molecule has 1 unspecified atom stereocenters. The maximum atomic E-state index is 13.0. The Morgan fingerprint density at radius 3 is 2.50 bits per heavy atom. The van der Waals surface area contributed by atoms with E-state index in [9.17, 15) is 4.39 Å². The number of hydrogen-bond donors (Lipinski definition) is 1. The van der Waals surface area contributed by atoms with Crippen molar-refractivity contribution in [2.75, 3.05) is 6.54 Å². The molecule has 0 aliphatic heterocycles. The number of aromatic nitrogens is 1. The van der Waals surface area contributed by atoms with E-state index in [1.807, 2.05) is 32.0 Å². The van der Waals surface area contributed by atoms with E-state index in [2.05, 4.69) is 10.3 Å². The van der Waals surface area contributed by atoms with Crippen molar-refractivity contribution in [2.45, 2.75) is 19.9 Å². The minimum absolute atomic E-state index is 0.00972. The van der Waals surface area contributed by atoms with Crippen molar-refractivity contribution in [3.63, 3.8) is 0 Å². The average Bonchev–Trinajstić information content (AvgIpc) is 2.37. The normalized spacial score (nSPS) is 12.4. The Labute approximate surface area is 107 Å². The number of pyridine rings is 1. The summed E-state index contributed by atoms with van der Waals surface area (Å²) in [4.78, 5) is 4.53. The van der Waals surface area contributed by atoms with Gasteiger partial charge >= 0.3 is 0 Å². The van der Waals surface area contributed by atoms with Crippen molar-refractivity contribution < 1.29 is 4.39 Å². The maximum Gasteiger partial charge on any atom is 0.123 e. The van der Waals surface area contributed by atoms with Gasteiger partial charge in [-0.2, -0.15) is 0 Å². The van der Waals surface area contributed by atoms with Gasteiger partial charge in [-0.25, -0.2) is 4.39 Å². The van der Waals surface area contributed by atoms with Crippen molar-refractivity contribution in [1.29, 1.82) is 0 Å². The van der Waals surface area contributed by atoms with Gasteiger partial charge < -0.3 is 5.32 Å². The van der Waals surface area contributed by atoms with E-state index in [0.29, 0.717) is 0 Å². The lowest BCUT2D eigenvalue weighted by Crippen LogP contribution is -2.23. The first-order valence-corrected chi connectivity index (χ1v) is 6.13. The smallest absolute Gasteiger partial charge is 0.123 e. The maximum absolute atomic E-state index is 13.0. The van der Waals surface area contributed by atoms with Crippen molar-refractivity contribution in [1.82, 2.24) is 10.3 Å². The van der Waals surface area contributed by atoms with E-state index >= 15 is 0 Å². The topological polar surface area (TPSA) is 24.9 Å². The van der Waals surface area contributed by atoms with Crippen LogP contribution >= 0.6 is 0 Å². The molecule has 0 radical (unpaired) electrons. The van der Waals surface area contributed by atoms with Crippen molar-refractivity contribution >= 4 is 0 Å². The molecule has 0 bridgehead atoms. The molecule has 18 heavy (non-hydrogen) atoms. The number of halogens is 1. The standard InChI is InChI=1S/C15H17FN2/c1-3-17-15(12-7-9-13(16)10-8-12)14-6-4-5-11(2)18-14/h4-10,15,17H,3H2,1-2H3. The number of aryl methyl sites for hydroxylation is 1. The second-order valence-electron chi connectivity index (χ2n) is 4.25. The highest BCUT2D eigenvalue weighted by Gasteiger charge is 2.14. The fourth-order valence-corrected chi connectivity index (χ4v) is 1.98. The van der Waals surface area contributed by atoms with Crippen LogP contribution in [0, 0.1) is 12.7 Å². The molecule has 0 saturated heterocycles. The average molecular weight is 244 g/mol. The molecule has 0 aliphatic rings. The van der Waals surface area contributed by atoms with E-state index < -0.39 is 0 Å². The van der Waals surface area contributed by atoms with Crippen LogP contribution in [0.25, 0.3) is 0 Å². The monoisotopic (exact) mass is 244 g/mol. The first kappa shape index (κ1) is 12.7. The van der Waals surface area contributed by atoms with Crippen molar-refractivity contribution in [3.05, 3.63) is 65.2 Å². The van der Waals surface area contributed by atoms with Crippen LogP contribution in [0.2, 0.25) is 0 Å². The SMILES string of the molecule is CCNC(c1ccc(F)cc1)c1cccc(C)n1. The molecule has 1 atom stereocenters. The number of hydrogen-bond acceptors (Lipinski definition) is 2. The van der Waals surface area contributed by atoms with Gasteiger partial charge in [0.1, 0.15) is 5.82 Å². The van der Waals surface area contributed by atoms with Crippen LogP contribution < -0.4 is 5.32 Å².